The van der Waals surface area contributed by atoms with E-state index >= 15 is 0 Å². The average molecular weight is 268 g/mol. The van der Waals surface area contributed by atoms with Gasteiger partial charge in [-0.2, -0.15) is 0 Å². The van der Waals surface area contributed by atoms with Crippen molar-refractivity contribution in [2.24, 2.45) is 5.92 Å². The van der Waals surface area contributed by atoms with Gasteiger partial charge in [-0.1, -0.05) is 13.8 Å². The lowest BCUT2D eigenvalue weighted by atomic mass is 10.2. The van der Waals surface area contributed by atoms with Crippen molar-refractivity contribution in [2.45, 2.75) is 26.8 Å². The van der Waals surface area contributed by atoms with Gasteiger partial charge in [-0.15, -0.1) is 0 Å². The molecule has 19 heavy (non-hydrogen) atoms. The Morgan fingerprint density at radius 1 is 1.42 bits per heavy atom. The monoisotopic (exact) mass is 268 g/mol. The van der Waals surface area contributed by atoms with Gasteiger partial charge in [0, 0.05) is 19.5 Å². The first kappa shape index (κ1) is 15.2. The minimum Gasteiger partial charge on any atom is -0.478 e. The SMILES string of the molecule is CC(C)CNC(=O)CCNCc1cc(C(=O)O)co1. The third-order valence-electron chi connectivity index (χ3n) is 2.44. The molecule has 0 aliphatic heterocycles. The molecule has 3 N–H and O–H groups in total. The topological polar surface area (TPSA) is 91.6 Å². The van der Waals surface area contributed by atoms with E-state index in [4.69, 9.17) is 9.52 Å². The van der Waals surface area contributed by atoms with Crippen molar-refractivity contribution in [3.8, 4) is 0 Å². The summed E-state index contributed by atoms with van der Waals surface area (Å²) >= 11 is 0. The van der Waals surface area contributed by atoms with Crippen molar-refractivity contribution in [1.82, 2.24) is 10.6 Å². The van der Waals surface area contributed by atoms with Gasteiger partial charge in [0.25, 0.3) is 0 Å². The van der Waals surface area contributed by atoms with Gasteiger partial charge in [0.2, 0.25) is 5.91 Å². The fourth-order valence-electron chi connectivity index (χ4n) is 1.41. The van der Waals surface area contributed by atoms with E-state index in [2.05, 4.69) is 10.6 Å². The van der Waals surface area contributed by atoms with E-state index in [1.807, 2.05) is 13.8 Å². The van der Waals surface area contributed by atoms with Crippen LogP contribution < -0.4 is 10.6 Å². The maximum Gasteiger partial charge on any atom is 0.338 e. The number of carboxylic acid groups (broad SMARTS) is 1. The third kappa shape index (κ3) is 6.05. The molecule has 1 aromatic heterocycles. The molecule has 106 valence electrons. The number of carboxylic acids is 1. The Kier molecular flexibility index (Phi) is 6.08. The van der Waals surface area contributed by atoms with Gasteiger partial charge in [0.05, 0.1) is 12.1 Å². The summed E-state index contributed by atoms with van der Waals surface area (Å²) in [6.45, 7) is 5.68. The van der Waals surface area contributed by atoms with E-state index in [0.717, 1.165) is 0 Å². The van der Waals surface area contributed by atoms with Crippen molar-refractivity contribution in [3.63, 3.8) is 0 Å². The van der Waals surface area contributed by atoms with Crippen molar-refractivity contribution >= 4 is 11.9 Å². The zero-order valence-electron chi connectivity index (χ0n) is 11.2. The van der Waals surface area contributed by atoms with E-state index in [9.17, 15) is 9.59 Å². The summed E-state index contributed by atoms with van der Waals surface area (Å²) in [5.74, 6) is -0.0237. The maximum atomic E-state index is 11.4. The molecule has 0 saturated carbocycles. The summed E-state index contributed by atoms with van der Waals surface area (Å²) < 4.78 is 5.07. The smallest absolute Gasteiger partial charge is 0.338 e. The molecule has 0 fully saturated rings. The number of amides is 1. The number of furan rings is 1. The lowest BCUT2D eigenvalue weighted by Crippen LogP contribution is -2.30. The van der Waals surface area contributed by atoms with Crippen molar-refractivity contribution < 1.29 is 19.1 Å². The van der Waals surface area contributed by atoms with Gasteiger partial charge < -0.3 is 20.2 Å². The molecule has 1 aromatic rings. The van der Waals surface area contributed by atoms with E-state index in [1.54, 1.807) is 0 Å². The highest BCUT2D eigenvalue weighted by Crippen LogP contribution is 2.07. The van der Waals surface area contributed by atoms with Gasteiger partial charge in [0.1, 0.15) is 12.0 Å². The normalized spacial score (nSPS) is 10.7. The summed E-state index contributed by atoms with van der Waals surface area (Å²) in [7, 11) is 0. The first-order valence-electron chi connectivity index (χ1n) is 6.27. The Balaban J connectivity index is 2.16. The Morgan fingerprint density at radius 2 is 2.16 bits per heavy atom. The number of aromatic carboxylic acids is 1. The van der Waals surface area contributed by atoms with E-state index in [-0.39, 0.29) is 11.5 Å². The maximum absolute atomic E-state index is 11.4. The van der Waals surface area contributed by atoms with Crippen LogP contribution in [-0.4, -0.2) is 30.1 Å². The predicted octanol–water partition coefficient (Wildman–Crippen LogP) is 1.23. The van der Waals surface area contributed by atoms with Crippen LogP contribution >= 0.6 is 0 Å². The van der Waals surface area contributed by atoms with E-state index < -0.39 is 5.97 Å². The summed E-state index contributed by atoms with van der Waals surface area (Å²) in [5.41, 5.74) is 0.131. The lowest BCUT2D eigenvalue weighted by Gasteiger charge is -2.07. The number of carbonyl (C=O) groups is 2. The van der Waals surface area contributed by atoms with Gasteiger partial charge >= 0.3 is 5.97 Å². The summed E-state index contributed by atoms with van der Waals surface area (Å²) in [6, 6.07) is 1.47. The molecular weight excluding hydrogens is 248 g/mol. The molecule has 0 radical (unpaired) electrons. The third-order valence-corrected chi connectivity index (χ3v) is 2.44. The molecule has 0 bridgehead atoms. The molecule has 1 amide bonds. The number of hydrogen-bond donors (Lipinski definition) is 3. The summed E-state index contributed by atoms with van der Waals surface area (Å²) in [6.07, 6.45) is 1.59. The van der Waals surface area contributed by atoms with Gasteiger partial charge in [-0.3, -0.25) is 4.79 Å². The van der Waals surface area contributed by atoms with Crippen LogP contribution in [0.3, 0.4) is 0 Å². The Hall–Kier alpha value is -1.82. The van der Waals surface area contributed by atoms with Crippen LogP contribution in [0.25, 0.3) is 0 Å². The molecule has 0 atom stereocenters. The number of carbonyl (C=O) groups excluding carboxylic acids is 1. The standard InChI is InChI=1S/C13H20N2O4/c1-9(2)6-15-12(16)3-4-14-7-11-5-10(8-19-11)13(17)18/h5,8-9,14H,3-4,6-7H2,1-2H3,(H,15,16)(H,17,18). The molecule has 1 heterocycles. The van der Waals surface area contributed by atoms with Crippen LogP contribution in [0, 0.1) is 5.92 Å². The lowest BCUT2D eigenvalue weighted by molar-refractivity contribution is -0.121. The minimum atomic E-state index is -1.01. The Morgan fingerprint density at radius 3 is 2.74 bits per heavy atom. The van der Waals surface area contributed by atoms with Gasteiger partial charge in [-0.25, -0.2) is 4.79 Å². The predicted molar refractivity (Wildman–Crippen MR) is 69.8 cm³/mol. The zero-order chi connectivity index (χ0) is 14.3. The highest BCUT2D eigenvalue weighted by atomic mass is 16.4. The molecule has 0 saturated heterocycles. The Labute approximate surface area is 112 Å². The Bertz CT molecular complexity index is 426. The second-order valence-electron chi connectivity index (χ2n) is 4.73. The molecule has 0 unspecified atom stereocenters. The van der Waals surface area contributed by atoms with Crippen LogP contribution in [0.4, 0.5) is 0 Å². The molecule has 0 aromatic carbocycles. The quantitative estimate of drug-likeness (QED) is 0.617. The number of nitrogens with one attached hydrogen (secondary N) is 2. The van der Waals surface area contributed by atoms with Crippen molar-refractivity contribution in [1.29, 1.82) is 0 Å². The highest BCUT2D eigenvalue weighted by Gasteiger charge is 2.08. The van der Waals surface area contributed by atoms with Crippen molar-refractivity contribution in [2.75, 3.05) is 13.1 Å². The second-order valence-corrected chi connectivity index (χ2v) is 4.73. The van der Waals surface area contributed by atoms with Crippen LogP contribution in [-0.2, 0) is 11.3 Å². The van der Waals surface area contributed by atoms with E-state index in [1.165, 1.54) is 12.3 Å². The zero-order valence-corrected chi connectivity index (χ0v) is 11.2. The highest BCUT2D eigenvalue weighted by molar-refractivity contribution is 5.87. The second kappa shape index (κ2) is 7.58. The fourth-order valence-corrected chi connectivity index (χ4v) is 1.41. The first-order chi connectivity index (χ1) is 8.99. The van der Waals surface area contributed by atoms with Crippen LogP contribution in [0.1, 0.15) is 36.4 Å². The molecule has 1 rings (SSSR count). The molecule has 0 aliphatic carbocycles. The largest absolute Gasteiger partial charge is 0.478 e. The number of hydrogen-bond acceptors (Lipinski definition) is 4. The van der Waals surface area contributed by atoms with Crippen LogP contribution in [0.5, 0.6) is 0 Å². The molecule has 0 aliphatic rings. The summed E-state index contributed by atoms with van der Waals surface area (Å²) in [5, 5.41) is 14.6. The minimum absolute atomic E-state index is 0.00636. The van der Waals surface area contributed by atoms with Gasteiger partial charge in [-0.05, 0) is 12.0 Å². The van der Waals surface area contributed by atoms with Crippen molar-refractivity contribution in [3.05, 3.63) is 23.7 Å². The molecule has 6 heteroatoms. The first-order valence-corrected chi connectivity index (χ1v) is 6.27. The molecule has 6 nitrogen and oxygen atoms in total. The summed E-state index contributed by atoms with van der Waals surface area (Å²) in [4.78, 5) is 22.0. The molecule has 0 spiro atoms. The average Bonchev–Trinajstić information content (AvgIpc) is 2.81. The van der Waals surface area contributed by atoms with E-state index in [0.29, 0.717) is 37.7 Å². The van der Waals surface area contributed by atoms with Crippen LogP contribution in [0.15, 0.2) is 16.7 Å². The molecular formula is C13H20N2O4. The van der Waals surface area contributed by atoms with Crippen LogP contribution in [0.2, 0.25) is 0 Å². The van der Waals surface area contributed by atoms with Gasteiger partial charge in [0.15, 0.2) is 0 Å². The number of rotatable bonds is 8. The fraction of sp³-hybridized carbons (Fsp3) is 0.538.